The van der Waals surface area contributed by atoms with Crippen molar-refractivity contribution in [1.29, 1.82) is 0 Å². The minimum Gasteiger partial charge on any atom is -0.332 e. The summed E-state index contributed by atoms with van der Waals surface area (Å²) in [5.41, 5.74) is 3.81. The van der Waals surface area contributed by atoms with Crippen molar-refractivity contribution in [3.05, 3.63) is 54.6 Å². The van der Waals surface area contributed by atoms with Gasteiger partial charge in [-0.3, -0.25) is 5.10 Å². The van der Waals surface area contributed by atoms with E-state index in [0.29, 0.717) is 22.1 Å². The number of H-pyrrole nitrogens is 1. The van der Waals surface area contributed by atoms with Crippen LogP contribution in [0, 0.1) is 0 Å². The second-order valence-corrected chi connectivity index (χ2v) is 5.34. The maximum absolute atomic E-state index is 5.32. The van der Waals surface area contributed by atoms with Gasteiger partial charge >= 0.3 is 0 Å². The molecule has 0 atom stereocenters. The molecule has 0 saturated carbocycles. The smallest absolute Gasteiger partial charge is 0.182 e. The number of anilines is 2. The van der Waals surface area contributed by atoms with Crippen molar-refractivity contribution in [1.82, 2.24) is 20.2 Å². The van der Waals surface area contributed by atoms with Crippen LogP contribution < -0.4 is 10.6 Å². The number of nitrogens with one attached hydrogen (secondary N) is 3. The van der Waals surface area contributed by atoms with Crippen LogP contribution in [0.1, 0.15) is 0 Å². The molecular weight excluding hydrogens is 308 g/mol. The lowest BCUT2D eigenvalue weighted by Gasteiger charge is -2.08. The van der Waals surface area contributed by atoms with Gasteiger partial charge in [-0.05, 0) is 36.5 Å². The van der Waals surface area contributed by atoms with E-state index in [1.54, 1.807) is 0 Å². The molecule has 0 spiro atoms. The summed E-state index contributed by atoms with van der Waals surface area (Å²) >= 11 is 5.32. The van der Waals surface area contributed by atoms with Gasteiger partial charge in [0.25, 0.3) is 0 Å². The van der Waals surface area contributed by atoms with Crippen LogP contribution in [0.3, 0.4) is 0 Å². The SMILES string of the molecule is S=C(Nc1ccccc1)Nc1n[nH]c2nc3ccccc3nc12. The summed E-state index contributed by atoms with van der Waals surface area (Å²) in [6.07, 6.45) is 0. The van der Waals surface area contributed by atoms with Gasteiger partial charge in [-0.25, -0.2) is 9.97 Å². The molecule has 2 heterocycles. The third-order valence-corrected chi connectivity index (χ3v) is 3.54. The van der Waals surface area contributed by atoms with Crippen LogP contribution in [0.15, 0.2) is 54.6 Å². The van der Waals surface area contributed by atoms with E-state index in [2.05, 4.69) is 30.8 Å². The van der Waals surface area contributed by atoms with Gasteiger partial charge in [-0.1, -0.05) is 30.3 Å². The van der Waals surface area contributed by atoms with Gasteiger partial charge in [-0.2, -0.15) is 5.10 Å². The van der Waals surface area contributed by atoms with Crippen molar-refractivity contribution in [2.75, 3.05) is 10.6 Å². The molecule has 0 aliphatic rings. The Morgan fingerprint density at radius 2 is 1.57 bits per heavy atom. The number of nitrogens with zero attached hydrogens (tertiary/aromatic N) is 3. The van der Waals surface area contributed by atoms with Gasteiger partial charge in [0.2, 0.25) is 0 Å². The lowest BCUT2D eigenvalue weighted by Crippen LogP contribution is -2.19. The molecule has 2 aromatic carbocycles. The number of para-hydroxylation sites is 3. The molecule has 0 unspecified atom stereocenters. The fourth-order valence-electron chi connectivity index (χ4n) is 2.28. The molecule has 112 valence electrons. The van der Waals surface area contributed by atoms with Crippen LogP contribution >= 0.6 is 12.2 Å². The van der Waals surface area contributed by atoms with E-state index in [-0.39, 0.29) is 0 Å². The highest BCUT2D eigenvalue weighted by Crippen LogP contribution is 2.20. The lowest BCUT2D eigenvalue weighted by molar-refractivity contribution is 1.11. The van der Waals surface area contributed by atoms with Crippen molar-refractivity contribution >= 4 is 51.0 Å². The van der Waals surface area contributed by atoms with E-state index >= 15 is 0 Å². The molecule has 0 amide bonds. The van der Waals surface area contributed by atoms with Crippen LogP contribution in [0.25, 0.3) is 22.2 Å². The third-order valence-electron chi connectivity index (χ3n) is 3.33. The van der Waals surface area contributed by atoms with Gasteiger partial charge in [0.15, 0.2) is 22.1 Å². The molecular formula is C16H12N6S. The van der Waals surface area contributed by atoms with E-state index in [9.17, 15) is 0 Å². The molecule has 7 heteroatoms. The monoisotopic (exact) mass is 320 g/mol. The molecule has 2 aromatic heterocycles. The fraction of sp³-hybridized carbons (Fsp3) is 0. The van der Waals surface area contributed by atoms with Crippen LogP contribution in [-0.4, -0.2) is 25.3 Å². The summed E-state index contributed by atoms with van der Waals surface area (Å²) in [6, 6.07) is 17.4. The molecule has 4 rings (SSSR count). The maximum Gasteiger partial charge on any atom is 0.182 e. The van der Waals surface area contributed by atoms with E-state index in [1.165, 1.54) is 0 Å². The second-order valence-electron chi connectivity index (χ2n) is 4.93. The van der Waals surface area contributed by atoms with E-state index < -0.39 is 0 Å². The number of hydrogen-bond donors (Lipinski definition) is 3. The normalized spacial score (nSPS) is 10.8. The van der Waals surface area contributed by atoms with Crippen molar-refractivity contribution in [2.45, 2.75) is 0 Å². The Hall–Kier alpha value is -3.06. The Balaban J connectivity index is 1.64. The Bertz CT molecular complexity index is 995. The number of hydrogen-bond acceptors (Lipinski definition) is 4. The summed E-state index contributed by atoms with van der Waals surface area (Å²) in [5.74, 6) is 0.548. The Morgan fingerprint density at radius 3 is 2.35 bits per heavy atom. The van der Waals surface area contributed by atoms with Crippen molar-refractivity contribution in [3.8, 4) is 0 Å². The third kappa shape index (κ3) is 2.69. The molecule has 0 radical (unpaired) electrons. The first-order valence-electron chi connectivity index (χ1n) is 7.03. The molecule has 4 aromatic rings. The quantitative estimate of drug-likeness (QED) is 0.492. The minimum atomic E-state index is 0.444. The molecule has 3 N–H and O–H groups in total. The van der Waals surface area contributed by atoms with Gasteiger partial charge in [-0.15, -0.1) is 0 Å². The van der Waals surface area contributed by atoms with Crippen molar-refractivity contribution in [3.63, 3.8) is 0 Å². The Kier molecular flexibility index (Phi) is 3.32. The highest BCUT2D eigenvalue weighted by molar-refractivity contribution is 7.80. The number of aromatic amines is 1. The summed E-state index contributed by atoms with van der Waals surface area (Å²) in [7, 11) is 0. The van der Waals surface area contributed by atoms with E-state index in [0.717, 1.165) is 16.7 Å². The molecule has 0 aliphatic heterocycles. The summed E-state index contributed by atoms with van der Waals surface area (Å²) in [6.45, 7) is 0. The summed E-state index contributed by atoms with van der Waals surface area (Å²) in [5, 5.41) is 13.7. The van der Waals surface area contributed by atoms with E-state index in [1.807, 2.05) is 54.6 Å². The summed E-state index contributed by atoms with van der Waals surface area (Å²) in [4.78, 5) is 9.10. The first kappa shape index (κ1) is 13.6. The predicted octanol–water partition coefficient (Wildman–Crippen LogP) is 3.32. The largest absolute Gasteiger partial charge is 0.332 e. The van der Waals surface area contributed by atoms with Crippen molar-refractivity contribution < 1.29 is 0 Å². The Morgan fingerprint density at radius 1 is 0.870 bits per heavy atom. The predicted molar refractivity (Wildman–Crippen MR) is 95.5 cm³/mol. The molecule has 23 heavy (non-hydrogen) atoms. The molecule has 0 saturated heterocycles. The van der Waals surface area contributed by atoms with Gasteiger partial charge < -0.3 is 10.6 Å². The number of aromatic nitrogens is 4. The Labute approximate surface area is 137 Å². The van der Waals surface area contributed by atoms with Crippen LogP contribution in [0.4, 0.5) is 11.5 Å². The average Bonchev–Trinajstić information content (AvgIpc) is 2.95. The van der Waals surface area contributed by atoms with Gasteiger partial charge in [0, 0.05) is 5.69 Å². The first-order chi connectivity index (χ1) is 11.3. The topological polar surface area (TPSA) is 78.5 Å². The van der Waals surface area contributed by atoms with Crippen LogP contribution in [0.2, 0.25) is 0 Å². The highest BCUT2D eigenvalue weighted by Gasteiger charge is 2.11. The molecule has 0 aliphatic carbocycles. The van der Waals surface area contributed by atoms with Crippen molar-refractivity contribution in [2.24, 2.45) is 0 Å². The van der Waals surface area contributed by atoms with E-state index in [4.69, 9.17) is 12.2 Å². The van der Waals surface area contributed by atoms with Gasteiger partial charge in [0.1, 0.15) is 0 Å². The summed E-state index contributed by atoms with van der Waals surface area (Å²) < 4.78 is 0. The first-order valence-corrected chi connectivity index (χ1v) is 7.44. The highest BCUT2D eigenvalue weighted by atomic mass is 32.1. The standard InChI is InChI=1S/C16H12N6S/c23-16(17-10-6-2-1-3-7-10)20-15-13-14(21-22-15)19-12-9-5-4-8-11(12)18-13/h1-9H,(H3,17,19,20,21,22,23). The molecule has 0 fully saturated rings. The number of benzene rings is 2. The maximum atomic E-state index is 5.32. The molecule has 0 bridgehead atoms. The number of fused-ring (bicyclic) bond motifs is 2. The zero-order chi connectivity index (χ0) is 15.6. The zero-order valence-corrected chi connectivity index (χ0v) is 12.8. The number of thiocarbonyl (C=S) groups is 1. The molecule has 6 nitrogen and oxygen atoms in total. The lowest BCUT2D eigenvalue weighted by atomic mass is 10.3. The number of rotatable bonds is 2. The second kappa shape index (κ2) is 5.62. The minimum absolute atomic E-state index is 0.444. The van der Waals surface area contributed by atoms with Gasteiger partial charge in [0.05, 0.1) is 11.0 Å². The zero-order valence-electron chi connectivity index (χ0n) is 11.9. The van der Waals surface area contributed by atoms with Crippen LogP contribution in [0.5, 0.6) is 0 Å². The van der Waals surface area contributed by atoms with Crippen LogP contribution in [-0.2, 0) is 0 Å². The average molecular weight is 320 g/mol. The fourth-order valence-corrected chi connectivity index (χ4v) is 2.50.